The minimum absolute atomic E-state index is 0. The summed E-state index contributed by atoms with van der Waals surface area (Å²) in [6.45, 7) is 5.63. The fourth-order valence-electron chi connectivity index (χ4n) is 1.72. The molecule has 0 saturated heterocycles. The molecule has 0 fully saturated rings. The number of ether oxygens (including phenoxy) is 1. The van der Waals surface area contributed by atoms with Gasteiger partial charge in [-0.15, -0.1) is 0 Å². The Bertz CT molecular complexity index is 290. The van der Waals surface area contributed by atoms with Gasteiger partial charge in [0.05, 0.1) is 6.61 Å². The number of unbranched alkanes of at least 4 members (excludes halogenated alkanes) is 7. The summed E-state index contributed by atoms with van der Waals surface area (Å²) in [6, 6.07) is 0. The van der Waals surface area contributed by atoms with Crippen molar-refractivity contribution >= 4 is 11.9 Å². The van der Waals surface area contributed by atoms with E-state index in [4.69, 9.17) is 4.74 Å². The summed E-state index contributed by atoms with van der Waals surface area (Å²) in [5, 5.41) is 10.2. The molecule has 0 aromatic heterocycles. The van der Waals surface area contributed by atoms with Crippen LogP contribution < -0.4 is 34.7 Å². The molecule has 0 aliphatic carbocycles. The zero-order chi connectivity index (χ0) is 14.5. The van der Waals surface area contributed by atoms with E-state index in [1.54, 1.807) is 6.92 Å². The third kappa shape index (κ3) is 15.7. The number of carboxylic acids is 1. The molecule has 0 spiro atoms. The quantitative estimate of drug-likeness (QED) is 0.208. The number of esters is 1. The molecule has 20 heavy (non-hydrogen) atoms. The maximum Gasteiger partial charge on any atom is 1.00 e. The first kappa shape index (κ1) is 22.0. The first-order valence-corrected chi connectivity index (χ1v) is 7.06. The molecule has 5 heteroatoms. The van der Waals surface area contributed by atoms with Gasteiger partial charge in [0.25, 0.3) is 0 Å². The Hall–Kier alpha value is -0.320. The number of hydrogen-bond donors (Lipinski definition) is 0. The fraction of sp³-hybridized carbons (Fsp3) is 0.733. The van der Waals surface area contributed by atoms with Crippen LogP contribution in [-0.2, 0) is 14.3 Å². The number of carboxylic acid groups (broad SMARTS) is 1. The summed E-state index contributed by atoms with van der Waals surface area (Å²) < 4.78 is 4.99. The van der Waals surface area contributed by atoms with E-state index in [0.29, 0.717) is 12.2 Å². The topological polar surface area (TPSA) is 66.4 Å². The van der Waals surface area contributed by atoms with E-state index >= 15 is 0 Å². The van der Waals surface area contributed by atoms with Gasteiger partial charge in [0, 0.05) is 11.5 Å². The van der Waals surface area contributed by atoms with Crippen LogP contribution in [0.15, 0.2) is 12.2 Å². The van der Waals surface area contributed by atoms with E-state index in [0.717, 1.165) is 51.4 Å². The minimum atomic E-state index is -0.954. The van der Waals surface area contributed by atoms with E-state index < -0.39 is 5.97 Å². The second-order valence-corrected chi connectivity index (χ2v) is 4.87. The van der Waals surface area contributed by atoms with Crippen LogP contribution in [0.1, 0.15) is 64.7 Å². The van der Waals surface area contributed by atoms with Gasteiger partial charge in [-0.1, -0.05) is 45.1 Å². The molecule has 0 bridgehead atoms. The Morgan fingerprint density at radius 2 is 1.40 bits per heavy atom. The van der Waals surface area contributed by atoms with Gasteiger partial charge in [-0.3, -0.25) is 0 Å². The number of rotatable bonds is 12. The van der Waals surface area contributed by atoms with Gasteiger partial charge >= 0.3 is 35.5 Å². The molecule has 0 atom stereocenters. The van der Waals surface area contributed by atoms with Crippen molar-refractivity contribution < 1.29 is 49.0 Å². The Kier molecular flexibility index (Phi) is 16.6. The van der Waals surface area contributed by atoms with E-state index in [9.17, 15) is 14.7 Å². The van der Waals surface area contributed by atoms with Crippen LogP contribution in [0.5, 0.6) is 0 Å². The van der Waals surface area contributed by atoms with Crippen molar-refractivity contribution in [1.82, 2.24) is 0 Å². The summed E-state index contributed by atoms with van der Waals surface area (Å²) in [5.74, 6) is -1.27. The van der Waals surface area contributed by atoms with Gasteiger partial charge in [-0.2, -0.15) is 0 Å². The molecule has 0 aliphatic heterocycles. The third-order valence-corrected chi connectivity index (χ3v) is 2.86. The van der Waals surface area contributed by atoms with E-state index in [2.05, 4.69) is 6.58 Å². The Labute approximate surface area is 144 Å². The standard InChI is InChI=1S/C15H26O4.Na/c1-13(2)15(18)19-12-10-8-6-4-3-5-7-9-11-14(16)17;/h1,3-12H2,2H3,(H,16,17);/q;+1/p-1. The third-order valence-electron chi connectivity index (χ3n) is 2.86. The Balaban J connectivity index is 0. The molecule has 0 rings (SSSR count). The molecule has 0 unspecified atom stereocenters. The second kappa shape index (κ2) is 15.1. The van der Waals surface area contributed by atoms with Gasteiger partial charge < -0.3 is 14.6 Å². The molecule has 0 radical (unpaired) electrons. The van der Waals surface area contributed by atoms with E-state index in [1.165, 1.54) is 0 Å². The predicted octanol–water partition coefficient (Wildman–Crippen LogP) is -0.629. The largest absolute Gasteiger partial charge is 1.00 e. The summed E-state index contributed by atoms with van der Waals surface area (Å²) in [7, 11) is 0. The Morgan fingerprint density at radius 1 is 0.950 bits per heavy atom. The summed E-state index contributed by atoms with van der Waals surface area (Å²) >= 11 is 0. The molecule has 0 aliphatic rings. The molecule has 0 aromatic rings. The molecule has 0 aromatic carbocycles. The summed E-state index contributed by atoms with van der Waals surface area (Å²) in [5.41, 5.74) is 0.441. The molecular weight excluding hydrogens is 267 g/mol. The van der Waals surface area contributed by atoms with Crippen molar-refractivity contribution in [2.24, 2.45) is 0 Å². The van der Waals surface area contributed by atoms with Crippen LogP contribution in [0, 0.1) is 0 Å². The first-order valence-electron chi connectivity index (χ1n) is 7.06. The van der Waals surface area contributed by atoms with Crippen LogP contribution in [0.25, 0.3) is 0 Å². The second-order valence-electron chi connectivity index (χ2n) is 4.87. The van der Waals surface area contributed by atoms with Gasteiger partial charge in [0.15, 0.2) is 0 Å². The molecule has 0 saturated carbocycles. The maximum atomic E-state index is 11.1. The minimum Gasteiger partial charge on any atom is -0.550 e. The van der Waals surface area contributed by atoms with Gasteiger partial charge in [-0.25, -0.2) is 4.79 Å². The van der Waals surface area contributed by atoms with Crippen molar-refractivity contribution in [3.63, 3.8) is 0 Å². The Morgan fingerprint density at radius 3 is 1.85 bits per heavy atom. The number of hydrogen-bond acceptors (Lipinski definition) is 4. The van der Waals surface area contributed by atoms with Gasteiger partial charge in [-0.05, 0) is 26.2 Å². The SMILES string of the molecule is C=C(C)C(=O)OCCCCCCCCCCC(=O)[O-].[Na+]. The van der Waals surface area contributed by atoms with Crippen molar-refractivity contribution in [3.8, 4) is 0 Å². The average Bonchev–Trinajstić information content (AvgIpc) is 2.35. The fourth-order valence-corrected chi connectivity index (χ4v) is 1.72. The number of carbonyl (C=O) groups is 2. The zero-order valence-electron chi connectivity index (χ0n) is 12.9. The van der Waals surface area contributed by atoms with Crippen LogP contribution >= 0.6 is 0 Å². The van der Waals surface area contributed by atoms with Crippen molar-refractivity contribution in [1.29, 1.82) is 0 Å². The van der Waals surface area contributed by atoms with Gasteiger partial charge in [0.2, 0.25) is 0 Å². The maximum absolute atomic E-state index is 11.1. The number of aliphatic carboxylic acids is 1. The smallest absolute Gasteiger partial charge is 0.550 e. The molecule has 4 nitrogen and oxygen atoms in total. The van der Waals surface area contributed by atoms with Crippen LogP contribution in [0.4, 0.5) is 0 Å². The van der Waals surface area contributed by atoms with Crippen molar-refractivity contribution in [3.05, 3.63) is 12.2 Å². The zero-order valence-corrected chi connectivity index (χ0v) is 14.9. The molecule has 0 heterocycles. The van der Waals surface area contributed by atoms with Crippen molar-refractivity contribution in [2.45, 2.75) is 64.7 Å². The monoisotopic (exact) mass is 292 g/mol. The average molecular weight is 292 g/mol. The van der Waals surface area contributed by atoms with Crippen LogP contribution in [0.3, 0.4) is 0 Å². The normalized spacial score (nSPS) is 9.65. The molecule has 0 N–H and O–H groups in total. The molecule has 110 valence electrons. The van der Waals surface area contributed by atoms with Crippen molar-refractivity contribution in [2.75, 3.05) is 6.61 Å². The molecular formula is C15H25NaO4. The van der Waals surface area contributed by atoms with E-state index in [-0.39, 0.29) is 41.9 Å². The number of carbonyl (C=O) groups excluding carboxylic acids is 2. The molecule has 0 amide bonds. The predicted molar refractivity (Wildman–Crippen MR) is 72.3 cm³/mol. The van der Waals surface area contributed by atoms with Crippen LogP contribution in [-0.4, -0.2) is 18.5 Å². The van der Waals surface area contributed by atoms with E-state index in [1.807, 2.05) is 0 Å². The summed E-state index contributed by atoms with van der Waals surface area (Å²) in [6.07, 6.45) is 8.31. The van der Waals surface area contributed by atoms with Gasteiger partial charge in [0.1, 0.15) is 0 Å². The van der Waals surface area contributed by atoms with Crippen LogP contribution in [0.2, 0.25) is 0 Å². The first-order chi connectivity index (χ1) is 9.04. The summed E-state index contributed by atoms with van der Waals surface area (Å²) in [4.78, 5) is 21.2.